The summed E-state index contributed by atoms with van der Waals surface area (Å²) in [6, 6.07) is 5.39. The molecule has 1 aliphatic heterocycles. The number of ether oxygens (including phenoxy) is 2. The third-order valence-corrected chi connectivity index (χ3v) is 3.77. The topological polar surface area (TPSA) is 73.6 Å². The number of rotatable bonds is 4. The minimum Gasteiger partial charge on any atom is -0.490 e. The normalized spacial score (nSPS) is 18.1. The third-order valence-electron chi connectivity index (χ3n) is 3.77. The maximum atomic E-state index is 12.3. The summed E-state index contributed by atoms with van der Waals surface area (Å²) < 4.78 is 11.2. The van der Waals surface area contributed by atoms with Gasteiger partial charge in [-0.05, 0) is 37.0 Å². The van der Waals surface area contributed by atoms with Crippen LogP contribution in [0.3, 0.4) is 0 Å². The van der Waals surface area contributed by atoms with Crippen LogP contribution in [0.2, 0.25) is 0 Å². The van der Waals surface area contributed by atoms with Gasteiger partial charge in [-0.1, -0.05) is 0 Å². The van der Waals surface area contributed by atoms with Crippen LogP contribution in [-0.2, 0) is 0 Å². The summed E-state index contributed by atoms with van der Waals surface area (Å²) in [5.74, 6) is 1.80. The highest BCUT2D eigenvalue weighted by atomic mass is 35.5. The monoisotopic (exact) mass is 312 g/mol. The zero-order chi connectivity index (χ0) is 13.9. The van der Waals surface area contributed by atoms with Crippen molar-refractivity contribution in [2.45, 2.75) is 25.3 Å². The number of hydrogen-bond donors (Lipinski definition) is 2. The molecule has 5 nitrogen and oxygen atoms in total. The second-order valence-corrected chi connectivity index (χ2v) is 5.37. The summed E-state index contributed by atoms with van der Waals surface area (Å²) in [5.41, 5.74) is 6.30. The van der Waals surface area contributed by atoms with Crippen molar-refractivity contribution in [2.24, 2.45) is 11.7 Å². The zero-order valence-electron chi connectivity index (χ0n) is 11.8. The van der Waals surface area contributed by atoms with Gasteiger partial charge in [-0.15, -0.1) is 12.4 Å². The number of nitrogens with two attached hydrogens (primary N) is 1. The van der Waals surface area contributed by atoms with Gasteiger partial charge in [-0.25, -0.2) is 0 Å². The largest absolute Gasteiger partial charge is 0.490 e. The van der Waals surface area contributed by atoms with E-state index in [0.29, 0.717) is 42.7 Å². The van der Waals surface area contributed by atoms with Gasteiger partial charge in [-0.2, -0.15) is 0 Å². The highest BCUT2D eigenvalue weighted by Gasteiger charge is 2.31. The Morgan fingerprint density at radius 2 is 2.00 bits per heavy atom. The Hall–Kier alpha value is -1.46. The van der Waals surface area contributed by atoms with Crippen molar-refractivity contribution < 1.29 is 14.3 Å². The van der Waals surface area contributed by atoms with Crippen LogP contribution in [0.25, 0.3) is 0 Å². The Kier molecular flexibility index (Phi) is 5.31. The maximum absolute atomic E-state index is 12.3. The predicted molar refractivity (Wildman–Crippen MR) is 82.3 cm³/mol. The first-order valence-electron chi connectivity index (χ1n) is 7.18. The van der Waals surface area contributed by atoms with Crippen LogP contribution in [-0.4, -0.2) is 31.7 Å². The highest BCUT2D eigenvalue weighted by molar-refractivity contribution is 5.95. The highest BCUT2D eigenvalue weighted by Crippen LogP contribution is 2.33. The van der Waals surface area contributed by atoms with Crippen molar-refractivity contribution in [2.75, 3.05) is 19.8 Å². The molecular weight excluding hydrogens is 292 g/mol. The third kappa shape index (κ3) is 3.80. The average Bonchev–Trinajstić information content (AvgIpc) is 3.30. The Morgan fingerprint density at radius 3 is 2.67 bits per heavy atom. The van der Waals surface area contributed by atoms with Gasteiger partial charge in [0.2, 0.25) is 0 Å². The van der Waals surface area contributed by atoms with Crippen LogP contribution >= 0.6 is 12.4 Å². The number of hydrogen-bond acceptors (Lipinski definition) is 4. The van der Waals surface area contributed by atoms with Gasteiger partial charge in [0.25, 0.3) is 5.91 Å². The fourth-order valence-electron chi connectivity index (χ4n) is 2.42. The molecule has 6 heteroatoms. The molecule has 1 unspecified atom stereocenters. The summed E-state index contributed by atoms with van der Waals surface area (Å²) in [6.07, 6.45) is 3.17. The average molecular weight is 313 g/mol. The van der Waals surface area contributed by atoms with Gasteiger partial charge in [0.15, 0.2) is 11.5 Å². The molecule has 1 saturated carbocycles. The van der Waals surface area contributed by atoms with Gasteiger partial charge in [0.1, 0.15) is 0 Å². The number of benzene rings is 1. The first-order chi connectivity index (χ1) is 9.78. The van der Waals surface area contributed by atoms with Gasteiger partial charge >= 0.3 is 0 Å². The summed E-state index contributed by atoms with van der Waals surface area (Å²) >= 11 is 0. The first-order valence-corrected chi connectivity index (χ1v) is 7.18. The van der Waals surface area contributed by atoms with Gasteiger partial charge in [0.05, 0.1) is 13.2 Å². The SMILES string of the molecule is Cl.NCC(NC(=O)c1ccc2c(c1)OCCCO2)C1CC1. The number of halogens is 1. The lowest BCUT2D eigenvalue weighted by Crippen LogP contribution is -2.41. The molecular formula is C15H21ClN2O3. The Labute approximate surface area is 130 Å². The molecule has 3 N–H and O–H groups in total. The minimum atomic E-state index is -0.0944. The molecule has 1 heterocycles. The van der Waals surface area contributed by atoms with Crippen LogP contribution in [0.1, 0.15) is 29.6 Å². The number of fused-ring (bicyclic) bond motifs is 1. The minimum absolute atomic E-state index is 0. The molecule has 0 saturated heterocycles. The van der Waals surface area contributed by atoms with E-state index in [0.717, 1.165) is 19.3 Å². The lowest BCUT2D eigenvalue weighted by Gasteiger charge is -2.16. The zero-order valence-corrected chi connectivity index (χ0v) is 12.7. The van der Waals surface area contributed by atoms with Gasteiger partial charge in [0, 0.05) is 24.6 Å². The van der Waals surface area contributed by atoms with E-state index in [1.54, 1.807) is 18.2 Å². The van der Waals surface area contributed by atoms with E-state index >= 15 is 0 Å². The molecule has 1 atom stereocenters. The quantitative estimate of drug-likeness (QED) is 0.888. The van der Waals surface area contributed by atoms with E-state index in [9.17, 15) is 4.79 Å². The van der Waals surface area contributed by atoms with Gasteiger partial charge < -0.3 is 20.5 Å². The fourth-order valence-corrected chi connectivity index (χ4v) is 2.42. The summed E-state index contributed by atoms with van der Waals surface area (Å²) in [4.78, 5) is 12.3. The van der Waals surface area contributed by atoms with Crippen LogP contribution in [0.4, 0.5) is 0 Å². The van der Waals surface area contributed by atoms with E-state index in [4.69, 9.17) is 15.2 Å². The molecule has 0 bridgehead atoms. The second-order valence-electron chi connectivity index (χ2n) is 5.37. The van der Waals surface area contributed by atoms with Crippen LogP contribution < -0.4 is 20.5 Å². The smallest absolute Gasteiger partial charge is 0.251 e. The molecule has 1 aromatic rings. The predicted octanol–water partition coefficient (Wildman–Crippen LogP) is 1.74. The fraction of sp³-hybridized carbons (Fsp3) is 0.533. The molecule has 2 aliphatic rings. The standard InChI is InChI=1S/C15H20N2O3.ClH/c16-9-12(10-2-3-10)17-15(18)11-4-5-13-14(8-11)20-7-1-6-19-13;/h4-5,8,10,12H,1-3,6-7,9,16H2,(H,17,18);1H. The van der Waals surface area contributed by atoms with Crippen molar-refractivity contribution in [1.82, 2.24) is 5.32 Å². The summed E-state index contributed by atoms with van der Waals surface area (Å²) in [7, 11) is 0. The van der Waals surface area contributed by atoms with E-state index in [1.807, 2.05) is 0 Å². The molecule has 21 heavy (non-hydrogen) atoms. The molecule has 0 radical (unpaired) electrons. The number of carbonyl (C=O) groups excluding carboxylic acids is 1. The lowest BCUT2D eigenvalue weighted by atomic mass is 10.1. The number of amides is 1. The van der Waals surface area contributed by atoms with Crippen molar-refractivity contribution in [3.63, 3.8) is 0 Å². The van der Waals surface area contributed by atoms with E-state index in [-0.39, 0.29) is 24.4 Å². The maximum Gasteiger partial charge on any atom is 0.251 e. The number of nitrogens with one attached hydrogen (secondary N) is 1. The van der Waals surface area contributed by atoms with Crippen molar-refractivity contribution in [3.8, 4) is 11.5 Å². The lowest BCUT2D eigenvalue weighted by molar-refractivity contribution is 0.0933. The summed E-state index contributed by atoms with van der Waals surface area (Å²) in [5, 5.41) is 3.01. The molecule has 1 fully saturated rings. The molecule has 116 valence electrons. The molecule has 3 rings (SSSR count). The van der Waals surface area contributed by atoms with Crippen LogP contribution in [0, 0.1) is 5.92 Å². The molecule has 1 amide bonds. The molecule has 0 spiro atoms. The van der Waals surface area contributed by atoms with E-state index in [1.165, 1.54) is 0 Å². The summed E-state index contributed by atoms with van der Waals surface area (Å²) in [6.45, 7) is 1.75. The molecule has 0 aromatic heterocycles. The number of carbonyl (C=O) groups is 1. The van der Waals surface area contributed by atoms with Crippen molar-refractivity contribution in [3.05, 3.63) is 23.8 Å². The van der Waals surface area contributed by atoms with E-state index < -0.39 is 0 Å². The molecule has 1 aliphatic carbocycles. The Balaban J connectivity index is 0.00000161. The second kappa shape index (κ2) is 7.00. The van der Waals surface area contributed by atoms with Gasteiger partial charge in [-0.3, -0.25) is 4.79 Å². The molecule has 1 aromatic carbocycles. The Morgan fingerprint density at radius 1 is 1.29 bits per heavy atom. The van der Waals surface area contributed by atoms with Crippen molar-refractivity contribution in [1.29, 1.82) is 0 Å². The van der Waals surface area contributed by atoms with Crippen LogP contribution in [0.5, 0.6) is 11.5 Å². The first kappa shape index (κ1) is 15.9. The van der Waals surface area contributed by atoms with Crippen LogP contribution in [0.15, 0.2) is 18.2 Å². The van der Waals surface area contributed by atoms with E-state index in [2.05, 4.69) is 5.32 Å². The van der Waals surface area contributed by atoms with Crippen molar-refractivity contribution >= 4 is 18.3 Å². The Bertz CT molecular complexity index is 506.